The van der Waals surface area contributed by atoms with Crippen LogP contribution >= 0.6 is 0 Å². The zero-order chi connectivity index (χ0) is 17.6. The van der Waals surface area contributed by atoms with Gasteiger partial charge in [-0.3, -0.25) is 4.79 Å². The molecule has 0 radical (unpaired) electrons. The third-order valence-electron chi connectivity index (χ3n) is 3.92. The lowest BCUT2D eigenvalue weighted by atomic mass is 10.1. The number of hydrogen-bond acceptors (Lipinski definition) is 4. The van der Waals surface area contributed by atoms with Crippen molar-refractivity contribution in [3.8, 4) is 0 Å². The van der Waals surface area contributed by atoms with Gasteiger partial charge in [0.1, 0.15) is 0 Å². The number of hydrogen-bond donors (Lipinski definition) is 3. The van der Waals surface area contributed by atoms with Crippen molar-refractivity contribution in [2.24, 2.45) is 5.73 Å². The molecule has 2 aromatic carbocycles. The molecule has 1 heterocycles. The molecule has 1 fully saturated rings. The summed E-state index contributed by atoms with van der Waals surface area (Å²) in [6, 6.07) is 13.6. The number of carbonyl (C=O) groups excluding carboxylic acids is 2. The molecule has 1 aliphatic heterocycles. The fourth-order valence-corrected chi connectivity index (χ4v) is 2.70. The summed E-state index contributed by atoms with van der Waals surface area (Å²) in [7, 11) is 0. The molecule has 0 bridgehead atoms. The van der Waals surface area contributed by atoms with Crippen LogP contribution in [0.25, 0.3) is 0 Å². The number of anilines is 3. The summed E-state index contributed by atoms with van der Waals surface area (Å²) in [6.45, 7) is 2.94. The van der Waals surface area contributed by atoms with Crippen molar-refractivity contribution < 1.29 is 14.3 Å². The largest absolute Gasteiger partial charge is 0.378 e. The zero-order valence-electron chi connectivity index (χ0n) is 13.7. The quantitative estimate of drug-likeness (QED) is 0.795. The Morgan fingerprint density at radius 2 is 1.64 bits per heavy atom. The standard InChI is InChI=1S/C18H20N4O3/c19-18(24)20-14-7-5-13(6-8-14)17(23)21-15-3-1-2-4-16(15)22-9-11-25-12-10-22/h1-8H,9-12H2,(H,21,23)(H3,19,20,24). The molecule has 25 heavy (non-hydrogen) atoms. The Hall–Kier alpha value is -3.06. The van der Waals surface area contributed by atoms with E-state index in [4.69, 9.17) is 10.5 Å². The fraction of sp³-hybridized carbons (Fsp3) is 0.222. The second-order valence-corrected chi connectivity index (χ2v) is 5.64. The van der Waals surface area contributed by atoms with Crippen LogP contribution < -0.4 is 21.3 Å². The number of rotatable bonds is 4. The number of nitrogens with zero attached hydrogens (tertiary/aromatic N) is 1. The topological polar surface area (TPSA) is 96.7 Å². The minimum Gasteiger partial charge on any atom is -0.378 e. The molecule has 0 saturated carbocycles. The van der Waals surface area contributed by atoms with E-state index in [0.717, 1.165) is 24.5 Å². The van der Waals surface area contributed by atoms with Crippen LogP contribution in [0.4, 0.5) is 21.9 Å². The number of nitrogens with two attached hydrogens (primary N) is 1. The smallest absolute Gasteiger partial charge is 0.316 e. The Balaban J connectivity index is 1.73. The van der Waals surface area contributed by atoms with Gasteiger partial charge in [0.05, 0.1) is 24.6 Å². The molecule has 7 heteroatoms. The SMILES string of the molecule is NC(=O)Nc1ccc(C(=O)Nc2ccccc2N2CCOCC2)cc1. The number of para-hydroxylation sites is 2. The molecule has 0 atom stereocenters. The Morgan fingerprint density at radius 3 is 2.32 bits per heavy atom. The van der Waals surface area contributed by atoms with E-state index in [9.17, 15) is 9.59 Å². The first-order valence-corrected chi connectivity index (χ1v) is 8.03. The van der Waals surface area contributed by atoms with Gasteiger partial charge in [-0.05, 0) is 36.4 Å². The van der Waals surface area contributed by atoms with Gasteiger partial charge in [0, 0.05) is 24.3 Å². The van der Waals surface area contributed by atoms with E-state index >= 15 is 0 Å². The maximum atomic E-state index is 12.5. The molecular weight excluding hydrogens is 320 g/mol. The molecule has 0 spiro atoms. The van der Waals surface area contributed by atoms with E-state index < -0.39 is 6.03 Å². The highest BCUT2D eigenvalue weighted by molar-refractivity contribution is 6.06. The van der Waals surface area contributed by atoms with Crippen LogP contribution in [0, 0.1) is 0 Å². The van der Waals surface area contributed by atoms with Gasteiger partial charge in [-0.2, -0.15) is 0 Å². The fourth-order valence-electron chi connectivity index (χ4n) is 2.70. The number of ether oxygens (including phenoxy) is 1. The maximum Gasteiger partial charge on any atom is 0.316 e. The first-order chi connectivity index (χ1) is 12.1. The first kappa shape index (κ1) is 16.8. The van der Waals surface area contributed by atoms with Gasteiger partial charge in [0.2, 0.25) is 0 Å². The highest BCUT2D eigenvalue weighted by Gasteiger charge is 2.16. The summed E-state index contributed by atoms with van der Waals surface area (Å²) in [5.74, 6) is -0.216. The summed E-state index contributed by atoms with van der Waals surface area (Å²) in [6.07, 6.45) is 0. The number of primary amides is 1. The minimum atomic E-state index is -0.642. The lowest BCUT2D eigenvalue weighted by molar-refractivity contribution is 0.102. The van der Waals surface area contributed by atoms with Crippen molar-refractivity contribution in [1.82, 2.24) is 0 Å². The van der Waals surface area contributed by atoms with Crippen molar-refractivity contribution >= 4 is 29.0 Å². The van der Waals surface area contributed by atoms with E-state index in [0.29, 0.717) is 24.5 Å². The molecule has 4 N–H and O–H groups in total. The Kier molecular flexibility index (Phi) is 5.15. The number of amides is 3. The van der Waals surface area contributed by atoms with Gasteiger partial charge in [-0.1, -0.05) is 12.1 Å². The van der Waals surface area contributed by atoms with Gasteiger partial charge in [-0.15, -0.1) is 0 Å². The molecule has 0 aromatic heterocycles. The van der Waals surface area contributed by atoms with Crippen LogP contribution in [0.2, 0.25) is 0 Å². The monoisotopic (exact) mass is 340 g/mol. The summed E-state index contributed by atoms with van der Waals surface area (Å²) in [5, 5.41) is 5.41. The second kappa shape index (κ2) is 7.67. The zero-order valence-corrected chi connectivity index (χ0v) is 13.7. The maximum absolute atomic E-state index is 12.5. The number of morpholine rings is 1. The van der Waals surface area contributed by atoms with Crippen LogP contribution in [-0.2, 0) is 4.74 Å². The molecule has 130 valence electrons. The summed E-state index contributed by atoms with van der Waals surface area (Å²) >= 11 is 0. The highest BCUT2D eigenvalue weighted by atomic mass is 16.5. The van der Waals surface area contributed by atoms with Gasteiger partial charge in [0.25, 0.3) is 5.91 Å². The van der Waals surface area contributed by atoms with Crippen molar-refractivity contribution in [3.05, 3.63) is 54.1 Å². The van der Waals surface area contributed by atoms with Crippen LogP contribution in [-0.4, -0.2) is 38.2 Å². The van der Waals surface area contributed by atoms with Crippen molar-refractivity contribution in [3.63, 3.8) is 0 Å². The molecule has 3 amide bonds. The molecule has 1 aliphatic rings. The number of urea groups is 1. The number of benzene rings is 2. The second-order valence-electron chi connectivity index (χ2n) is 5.64. The summed E-state index contributed by atoms with van der Waals surface area (Å²) < 4.78 is 5.38. The van der Waals surface area contributed by atoms with Gasteiger partial charge >= 0.3 is 6.03 Å². The molecule has 3 rings (SSSR count). The van der Waals surface area contributed by atoms with Gasteiger partial charge in [0.15, 0.2) is 0 Å². The van der Waals surface area contributed by atoms with Crippen molar-refractivity contribution in [1.29, 1.82) is 0 Å². The Bertz CT molecular complexity index is 755. The Labute approximate surface area is 145 Å². The Morgan fingerprint density at radius 1 is 0.960 bits per heavy atom. The highest BCUT2D eigenvalue weighted by Crippen LogP contribution is 2.27. The average Bonchev–Trinajstić information content (AvgIpc) is 2.63. The lowest BCUT2D eigenvalue weighted by Crippen LogP contribution is -2.36. The third kappa shape index (κ3) is 4.27. The molecular formula is C18H20N4O3. The average molecular weight is 340 g/mol. The van der Waals surface area contributed by atoms with Crippen LogP contribution in [0.15, 0.2) is 48.5 Å². The third-order valence-corrected chi connectivity index (χ3v) is 3.92. The van der Waals surface area contributed by atoms with E-state index in [-0.39, 0.29) is 5.91 Å². The van der Waals surface area contributed by atoms with Crippen molar-refractivity contribution in [2.45, 2.75) is 0 Å². The molecule has 7 nitrogen and oxygen atoms in total. The predicted molar refractivity (Wildman–Crippen MR) is 97.1 cm³/mol. The van der Waals surface area contributed by atoms with Crippen molar-refractivity contribution in [2.75, 3.05) is 41.8 Å². The normalized spacial score (nSPS) is 14.0. The molecule has 0 aliphatic carbocycles. The van der Waals surface area contributed by atoms with Crippen LogP contribution in [0.5, 0.6) is 0 Å². The molecule has 0 unspecified atom stereocenters. The van der Waals surface area contributed by atoms with E-state index in [1.54, 1.807) is 24.3 Å². The molecule has 1 saturated heterocycles. The van der Waals surface area contributed by atoms with E-state index in [1.807, 2.05) is 24.3 Å². The minimum absolute atomic E-state index is 0.216. The first-order valence-electron chi connectivity index (χ1n) is 8.03. The molecule has 2 aromatic rings. The van der Waals surface area contributed by atoms with Crippen LogP contribution in [0.1, 0.15) is 10.4 Å². The van der Waals surface area contributed by atoms with E-state index in [1.165, 1.54) is 0 Å². The predicted octanol–water partition coefficient (Wildman–Crippen LogP) is 2.27. The van der Waals surface area contributed by atoms with Crippen LogP contribution in [0.3, 0.4) is 0 Å². The summed E-state index contributed by atoms with van der Waals surface area (Å²) in [4.78, 5) is 25.5. The van der Waals surface area contributed by atoms with E-state index in [2.05, 4.69) is 15.5 Å². The summed E-state index contributed by atoms with van der Waals surface area (Å²) in [5.41, 5.74) is 7.84. The lowest BCUT2D eigenvalue weighted by Gasteiger charge is -2.30. The number of carbonyl (C=O) groups is 2. The van der Waals surface area contributed by atoms with Gasteiger partial charge < -0.3 is 26.0 Å². The number of nitrogens with one attached hydrogen (secondary N) is 2. The van der Waals surface area contributed by atoms with Gasteiger partial charge in [-0.25, -0.2) is 4.79 Å².